The average molecular weight is 332 g/mol. The van der Waals surface area contributed by atoms with Crippen molar-refractivity contribution < 1.29 is 4.79 Å². The summed E-state index contributed by atoms with van der Waals surface area (Å²) in [6.45, 7) is 15.7. The second-order valence-corrected chi connectivity index (χ2v) is 6.34. The molecule has 1 amide bonds. The van der Waals surface area contributed by atoms with Gasteiger partial charge in [0.1, 0.15) is 0 Å². The van der Waals surface area contributed by atoms with E-state index >= 15 is 0 Å². The lowest BCUT2D eigenvalue weighted by molar-refractivity contribution is -0.131. The van der Waals surface area contributed by atoms with E-state index in [4.69, 9.17) is 0 Å². The van der Waals surface area contributed by atoms with E-state index in [1.807, 2.05) is 4.90 Å². The number of piperazine rings is 1. The predicted octanol–water partition coefficient (Wildman–Crippen LogP) is 2.42. The molecule has 1 heterocycles. The molecule has 0 radical (unpaired) electrons. The van der Waals surface area contributed by atoms with E-state index in [1.54, 1.807) is 0 Å². The molecule has 1 N–H and O–H groups in total. The number of benzene rings is 1. The Hall–Kier alpha value is -1.75. The van der Waals surface area contributed by atoms with Crippen LogP contribution < -0.4 is 10.2 Å². The highest BCUT2D eigenvalue weighted by molar-refractivity contribution is 5.81. The maximum Gasteiger partial charge on any atom is 0.241 e. The summed E-state index contributed by atoms with van der Waals surface area (Å²) >= 11 is 0. The minimum Gasteiger partial charge on any atom is -0.376 e. The first-order valence-electron chi connectivity index (χ1n) is 9.18. The van der Waals surface area contributed by atoms with Crippen LogP contribution in [0.5, 0.6) is 0 Å². The van der Waals surface area contributed by atoms with Gasteiger partial charge in [0.25, 0.3) is 0 Å². The van der Waals surface area contributed by atoms with Gasteiger partial charge in [-0.1, -0.05) is 6.92 Å². The molecule has 0 bridgehead atoms. The normalized spacial score (nSPS) is 15.4. The van der Waals surface area contributed by atoms with Crippen LogP contribution in [0.25, 0.3) is 0 Å². The third-order valence-electron chi connectivity index (χ3n) is 4.94. The van der Waals surface area contributed by atoms with Gasteiger partial charge in [0.15, 0.2) is 0 Å². The van der Waals surface area contributed by atoms with Crippen molar-refractivity contribution in [1.82, 2.24) is 9.80 Å². The third kappa shape index (κ3) is 4.63. The maximum absolute atomic E-state index is 12.4. The summed E-state index contributed by atoms with van der Waals surface area (Å²) in [5.74, 6) is 0.193. The Bertz CT molecular complexity index is 534. The highest BCUT2D eigenvalue weighted by atomic mass is 16.2. The van der Waals surface area contributed by atoms with Gasteiger partial charge in [-0.15, -0.1) is 0 Å². The Labute approximate surface area is 146 Å². The van der Waals surface area contributed by atoms with Crippen molar-refractivity contribution in [3.8, 4) is 0 Å². The lowest BCUT2D eigenvalue weighted by Gasteiger charge is -2.34. The molecule has 0 atom stereocenters. The van der Waals surface area contributed by atoms with E-state index in [2.05, 4.69) is 61.0 Å². The van der Waals surface area contributed by atoms with Crippen molar-refractivity contribution in [3.63, 3.8) is 0 Å². The Balaban J connectivity index is 1.89. The molecule has 24 heavy (non-hydrogen) atoms. The topological polar surface area (TPSA) is 38.8 Å². The zero-order valence-corrected chi connectivity index (χ0v) is 15.6. The molecule has 0 aromatic heterocycles. The largest absolute Gasteiger partial charge is 0.376 e. The Morgan fingerprint density at radius 2 is 1.79 bits per heavy atom. The van der Waals surface area contributed by atoms with Gasteiger partial charge in [0.05, 0.1) is 6.54 Å². The monoisotopic (exact) mass is 332 g/mol. The van der Waals surface area contributed by atoms with Crippen LogP contribution in [0.3, 0.4) is 0 Å². The average Bonchev–Trinajstić information content (AvgIpc) is 2.62. The molecule has 1 saturated heterocycles. The Morgan fingerprint density at radius 1 is 1.12 bits per heavy atom. The van der Waals surface area contributed by atoms with Crippen LogP contribution in [-0.2, 0) is 4.79 Å². The standard InChI is InChI=1S/C19H32N4O/c1-5-21-10-12-23(13-11-21)19(24)15-20-18-9-8-17(14-16(18)4)22(6-2)7-3/h8-9,14,20H,5-7,10-13,15H2,1-4H3. The van der Waals surface area contributed by atoms with E-state index < -0.39 is 0 Å². The summed E-state index contributed by atoms with van der Waals surface area (Å²) in [5, 5.41) is 3.31. The van der Waals surface area contributed by atoms with Crippen LogP contribution in [0.2, 0.25) is 0 Å². The summed E-state index contributed by atoms with van der Waals surface area (Å²) in [5.41, 5.74) is 3.47. The van der Waals surface area contributed by atoms with Crippen LogP contribution in [0, 0.1) is 6.92 Å². The Morgan fingerprint density at radius 3 is 2.33 bits per heavy atom. The second kappa shape index (κ2) is 8.92. The number of amides is 1. The number of rotatable bonds is 7. The van der Waals surface area contributed by atoms with Gasteiger partial charge in [-0.3, -0.25) is 4.79 Å². The van der Waals surface area contributed by atoms with Crippen molar-refractivity contribution >= 4 is 17.3 Å². The van der Waals surface area contributed by atoms with Gasteiger partial charge in [0, 0.05) is 50.6 Å². The highest BCUT2D eigenvalue weighted by Gasteiger charge is 2.19. The molecule has 1 aliphatic rings. The van der Waals surface area contributed by atoms with Crippen molar-refractivity contribution in [2.45, 2.75) is 27.7 Å². The van der Waals surface area contributed by atoms with Crippen LogP contribution >= 0.6 is 0 Å². The van der Waals surface area contributed by atoms with Crippen molar-refractivity contribution in [1.29, 1.82) is 0 Å². The molecule has 0 aliphatic carbocycles. The van der Waals surface area contributed by atoms with E-state index in [-0.39, 0.29) is 5.91 Å². The zero-order valence-electron chi connectivity index (χ0n) is 15.6. The fourth-order valence-corrected chi connectivity index (χ4v) is 3.23. The van der Waals surface area contributed by atoms with Crippen LogP contribution in [0.15, 0.2) is 18.2 Å². The van der Waals surface area contributed by atoms with E-state index in [0.717, 1.165) is 51.5 Å². The molecule has 0 unspecified atom stereocenters. The quantitative estimate of drug-likeness (QED) is 0.832. The van der Waals surface area contributed by atoms with Crippen molar-refractivity contribution in [2.75, 3.05) is 62.6 Å². The number of likely N-dealkylation sites (N-methyl/N-ethyl adjacent to an activating group) is 1. The SMILES string of the molecule is CCN1CCN(C(=O)CNc2ccc(N(CC)CC)cc2C)CC1. The lowest BCUT2D eigenvalue weighted by Crippen LogP contribution is -2.49. The summed E-state index contributed by atoms with van der Waals surface area (Å²) < 4.78 is 0. The number of aryl methyl sites for hydroxylation is 1. The first-order chi connectivity index (χ1) is 11.6. The number of nitrogens with one attached hydrogen (secondary N) is 1. The molecule has 1 aliphatic heterocycles. The summed E-state index contributed by atoms with van der Waals surface area (Å²) in [4.78, 5) is 19.1. The van der Waals surface area contributed by atoms with E-state index in [9.17, 15) is 4.79 Å². The van der Waals surface area contributed by atoms with E-state index in [1.165, 1.54) is 11.3 Å². The van der Waals surface area contributed by atoms with Gasteiger partial charge in [-0.05, 0) is 51.1 Å². The molecular formula is C19H32N4O. The number of hydrogen-bond donors (Lipinski definition) is 1. The molecule has 134 valence electrons. The van der Waals surface area contributed by atoms with E-state index in [0.29, 0.717) is 6.54 Å². The smallest absolute Gasteiger partial charge is 0.241 e. The van der Waals surface area contributed by atoms with Crippen molar-refractivity contribution in [2.24, 2.45) is 0 Å². The fourth-order valence-electron chi connectivity index (χ4n) is 3.23. The minimum atomic E-state index is 0.193. The Kier molecular flexibility index (Phi) is 6.91. The number of carbonyl (C=O) groups excluding carboxylic acids is 1. The molecule has 0 saturated carbocycles. The summed E-state index contributed by atoms with van der Waals surface area (Å²) in [6, 6.07) is 6.41. The highest BCUT2D eigenvalue weighted by Crippen LogP contribution is 2.22. The molecule has 0 spiro atoms. The van der Waals surface area contributed by atoms with Crippen molar-refractivity contribution in [3.05, 3.63) is 23.8 Å². The number of carbonyl (C=O) groups is 1. The summed E-state index contributed by atoms with van der Waals surface area (Å²) in [7, 11) is 0. The minimum absolute atomic E-state index is 0.193. The fraction of sp³-hybridized carbons (Fsp3) is 0.632. The van der Waals surface area contributed by atoms with Crippen LogP contribution in [-0.4, -0.2) is 68.1 Å². The van der Waals surface area contributed by atoms with Gasteiger partial charge in [0.2, 0.25) is 5.91 Å². The van der Waals surface area contributed by atoms with Gasteiger partial charge >= 0.3 is 0 Å². The first-order valence-corrected chi connectivity index (χ1v) is 9.18. The summed E-state index contributed by atoms with van der Waals surface area (Å²) in [6.07, 6.45) is 0. The molecule has 1 fully saturated rings. The molecule has 1 aromatic carbocycles. The first kappa shape index (κ1) is 18.6. The molecule has 2 rings (SSSR count). The molecule has 5 nitrogen and oxygen atoms in total. The maximum atomic E-state index is 12.4. The van der Waals surface area contributed by atoms with Crippen LogP contribution in [0.1, 0.15) is 26.3 Å². The molecule has 5 heteroatoms. The van der Waals surface area contributed by atoms with Gasteiger partial charge in [-0.2, -0.15) is 0 Å². The van der Waals surface area contributed by atoms with Gasteiger partial charge in [-0.25, -0.2) is 0 Å². The number of hydrogen-bond acceptors (Lipinski definition) is 4. The zero-order chi connectivity index (χ0) is 17.5. The molecule has 1 aromatic rings. The lowest BCUT2D eigenvalue weighted by atomic mass is 10.1. The number of nitrogens with zero attached hydrogens (tertiary/aromatic N) is 3. The number of anilines is 2. The second-order valence-electron chi connectivity index (χ2n) is 6.34. The van der Waals surface area contributed by atoms with Crippen LogP contribution in [0.4, 0.5) is 11.4 Å². The molecular weight excluding hydrogens is 300 g/mol. The third-order valence-corrected chi connectivity index (χ3v) is 4.94. The van der Waals surface area contributed by atoms with Gasteiger partial charge < -0.3 is 20.0 Å². The predicted molar refractivity (Wildman–Crippen MR) is 102 cm³/mol.